The molecule has 2 aromatic rings. The highest BCUT2D eigenvalue weighted by Gasteiger charge is 2.27. The summed E-state index contributed by atoms with van der Waals surface area (Å²) >= 11 is 0. The van der Waals surface area contributed by atoms with Crippen molar-refractivity contribution in [1.29, 1.82) is 0 Å². The number of amides is 1. The van der Waals surface area contributed by atoms with Crippen LogP contribution in [0.25, 0.3) is 0 Å². The number of hydrazone groups is 1. The van der Waals surface area contributed by atoms with Gasteiger partial charge in [-0.15, -0.1) is 0 Å². The summed E-state index contributed by atoms with van der Waals surface area (Å²) in [7, 11) is -3.97. The SMILES string of the molecule is CCOc1ccc(S(=O)(=O)N(CC(=O)NN=C2CCCCCC2)c2ccc(C)cc2)cc1. The Hall–Kier alpha value is -2.87. The van der Waals surface area contributed by atoms with Crippen LogP contribution in [0.1, 0.15) is 51.0 Å². The maximum atomic E-state index is 13.4. The molecule has 7 nitrogen and oxygen atoms in total. The Bertz CT molecular complexity index is 1020. The molecule has 1 aliphatic carbocycles. The van der Waals surface area contributed by atoms with Gasteiger partial charge in [-0.2, -0.15) is 5.10 Å². The topological polar surface area (TPSA) is 88.1 Å². The van der Waals surface area contributed by atoms with Crippen molar-refractivity contribution < 1.29 is 17.9 Å². The Morgan fingerprint density at radius 2 is 1.62 bits per heavy atom. The van der Waals surface area contributed by atoms with Gasteiger partial charge in [-0.1, -0.05) is 30.5 Å². The van der Waals surface area contributed by atoms with Gasteiger partial charge in [0.1, 0.15) is 12.3 Å². The van der Waals surface area contributed by atoms with Gasteiger partial charge in [0.05, 0.1) is 17.2 Å². The van der Waals surface area contributed by atoms with Gasteiger partial charge < -0.3 is 4.74 Å². The summed E-state index contributed by atoms with van der Waals surface area (Å²) < 4.78 is 33.4. The quantitative estimate of drug-likeness (QED) is 0.470. The molecule has 0 bridgehead atoms. The van der Waals surface area contributed by atoms with Gasteiger partial charge >= 0.3 is 0 Å². The average molecular weight is 458 g/mol. The minimum absolute atomic E-state index is 0.0874. The van der Waals surface area contributed by atoms with E-state index in [1.54, 1.807) is 24.3 Å². The number of rotatable bonds is 8. The van der Waals surface area contributed by atoms with Gasteiger partial charge in [0.2, 0.25) is 0 Å². The highest BCUT2D eigenvalue weighted by molar-refractivity contribution is 7.92. The zero-order chi connectivity index (χ0) is 23.0. The lowest BCUT2D eigenvalue weighted by Crippen LogP contribution is -2.39. The molecule has 1 saturated carbocycles. The first-order chi connectivity index (χ1) is 15.4. The number of sulfonamides is 1. The lowest BCUT2D eigenvalue weighted by molar-refractivity contribution is -0.119. The van der Waals surface area contributed by atoms with Crippen molar-refractivity contribution in [3.05, 3.63) is 54.1 Å². The monoisotopic (exact) mass is 457 g/mol. The molecule has 8 heteroatoms. The van der Waals surface area contributed by atoms with Crippen molar-refractivity contribution in [2.24, 2.45) is 5.10 Å². The standard InChI is InChI=1S/C24H31N3O4S/c1-3-31-22-14-16-23(17-15-22)32(29,30)27(21-12-10-19(2)11-13-21)18-24(28)26-25-20-8-6-4-5-7-9-20/h10-17H,3-9,18H2,1-2H3,(H,26,28). The van der Waals surface area contributed by atoms with E-state index >= 15 is 0 Å². The molecule has 0 saturated heterocycles. The number of carbonyl (C=O) groups is 1. The van der Waals surface area contributed by atoms with Gasteiger partial charge in [0.25, 0.3) is 15.9 Å². The number of aryl methyl sites for hydroxylation is 1. The van der Waals surface area contributed by atoms with E-state index in [0.717, 1.165) is 41.3 Å². The van der Waals surface area contributed by atoms with Crippen molar-refractivity contribution in [2.45, 2.75) is 57.3 Å². The zero-order valence-electron chi connectivity index (χ0n) is 18.7. The first kappa shape index (κ1) is 23.8. The predicted molar refractivity (Wildman–Crippen MR) is 127 cm³/mol. The molecule has 1 amide bonds. The van der Waals surface area contributed by atoms with Crippen molar-refractivity contribution in [1.82, 2.24) is 5.43 Å². The van der Waals surface area contributed by atoms with E-state index in [1.807, 2.05) is 26.0 Å². The van der Waals surface area contributed by atoms with E-state index < -0.39 is 15.9 Å². The highest BCUT2D eigenvalue weighted by Crippen LogP contribution is 2.25. The Labute approximate surface area is 190 Å². The van der Waals surface area contributed by atoms with E-state index in [-0.39, 0.29) is 11.4 Å². The van der Waals surface area contributed by atoms with Crippen LogP contribution in [0.3, 0.4) is 0 Å². The van der Waals surface area contributed by atoms with Crippen LogP contribution in [-0.4, -0.2) is 33.2 Å². The Balaban J connectivity index is 1.83. The molecule has 3 rings (SSSR count). The summed E-state index contributed by atoms with van der Waals surface area (Å²) in [6.45, 7) is 3.91. The van der Waals surface area contributed by atoms with E-state index in [2.05, 4.69) is 10.5 Å². The van der Waals surface area contributed by atoms with Crippen molar-refractivity contribution in [2.75, 3.05) is 17.5 Å². The molecular formula is C24H31N3O4S. The van der Waals surface area contributed by atoms with Crippen LogP contribution >= 0.6 is 0 Å². The van der Waals surface area contributed by atoms with Crippen LogP contribution in [0.4, 0.5) is 5.69 Å². The second kappa shape index (κ2) is 11.1. The van der Waals surface area contributed by atoms with Crippen LogP contribution in [-0.2, 0) is 14.8 Å². The van der Waals surface area contributed by atoms with Gasteiger partial charge in [0, 0.05) is 5.71 Å². The minimum Gasteiger partial charge on any atom is -0.494 e. The van der Waals surface area contributed by atoms with E-state index in [1.165, 1.54) is 25.0 Å². The second-order valence-corrected chi connectivity index (χ2v) is 9.74. The summed E-state index contributed by atoms with van der Waals surface area (Å²) in [6.07, 6.45) is 6.22. The molecule has 0 spiro atoms. The molecule has 0 unspecified atom stereocenters. The lowest BCUT2D eigenvalue weighted by atomic mass is 10.2. The van der Waals surface area contributed by atoms with E-state index in [0.29, 0.717) is 18.0 Å². The average Bonchev–Trinajstić information content (AvgIpc) is 3.06. The van der Waals surface area contributed by atoms with Crippen LogP contribution in [0.2, 0.25) is 0 Å². The number of hydrogen-bond acceptors (Lipinski definition) is 5. The molecule has 1 fully saturated rings. The predicted octanol–water partition coefficient (Wildman–Crippen LogP) is 4.42. The Morgan fingerprint density at radius 1 is 1.00 bits per heavy atom. The third kappa shape index (κ3) is 6.32. The molecule has 0 radical (unpaired) electrons. The van der Waals surface area contributed by atoms with Gasteiger partial charge in [-0.3, -0.25) is 9.10 Å². The molecule has 32 heavy (non-hydrogen) atoms. The van der Waals surface area contributed by atoms with E-state index in [4.69, 9.17) is 4.74 Å². The fraction of sp³-hybridized carbons (Fsp3) is 0.417. The van der Waals surface area contributed by atoms with E-state index in [9.17, 15) is 13.2 Å². The van der Waals surface area contributed by atoms with Gasteiger partial charge in [-0.05, 0) is 75.9 Å². The first-order valence-corrected chi connectivity index (χ1v) is 12.5. The molecular weight excluding hydrogens is 426 g/mol. The largest absolute Gasteiger partial charge is 0.494 e. The van der Waals surface area contributed by atoms with Crippen molar-refractivity contribution in [3.63, 3.8) is 0 Å². The molecule has 0 atom stereocenters. The molecule has 172 valence electrons. The van der Waals surface area contributed by atoms with Crippen LogP contribution in [0.15, 0.2) is 58.5 Å². The van der Waals surface area contributed by atoms with Crippen LogP contribution < -0.4 is 14.5 Å². The maximum absolute atomic E-state index is 13.4. The number of hydrogen-bond donors (Lipinski definition) is 1. The number of anilines is 1. The summed E-state index contributed by atoms with van der Waals surface area (Å²) in [5, 5.41) is 4.27. The van der Waals surface area contributed by atoms with Crippen molar-refractivity contribution >= 4 is 27.3 Å². The van der Waals surface area contributed by atoms with Crippen LogP contribution in [0, 0.1) is 6.92 Å². The Kier molecular flexibility index (Phi) is 8.27. The molecule has 0 aliphatic heterocycles. The molecule has 0 heterocycles. The molecule has 1 N–H and O–H groups in total. The first-order valence-electron chi connectivity index (χ1n) is 11.1. The number of nitrogens with one attached hydrogen (secondary N) is 1. The summed E-state index contributed by atoms with van der Waals surface area (Å²) in [6, 6.07) is 13.2. The normalized spacial score (nSPS) is 14.4. The number of benzene rings is 2. The third-order valence-electron chi connectivity index (χ3n) is 5.35. The number of nitrogens with zero attached hydrogens (tertiary/aromatic N) is 2. The number of ether oxygens (including phenoxy) is 1. The highest BCUT2D eigenvalue weighted by atomic mass is 32.2. The smallest absolute Gasteiger partial charge is 0.264 e. The number of carbonyl (C=O) groups excluding carboxylic acids is 1. The summed E-state index contributed by atoms with van der Waals surface area (Å²) in [5.74, 6) is 0.113. The Morgan fingerprint density at radius 3 is 2.22 bits per heavy atom. The summed E-state index contributed by atoms with van der Waals surface area (Å²) in [5.41, 5.74) is 4.94. The second-order valence-electron chi connectivity index (χ2n) is 7.88. The lowest BCUT2D eigenvalue weighted by Gasteiger charge is -2.24. The van der Waals surface area contributed by atoms with Crippen LogP contribution in [0.5, 0.6) is 5.75 Å². The molecule has 1 aliphatic rings. The van der Waals surface area contributed by atoms with Crippen molar-refractivity contribution in [3.8, 4) is 5.75 Å². The van der Waals surface area contributed by atoms with Gasteiger partial charge in [0.15, 0.2) is 0 Å². The van der Waals surface area contributed by atoms with Gasteiger partial charge in [-0.25, -0.2) is 13.8 Å². The minimum atomic E-state index is -3.97. The summed E-state index contributed by atoms with van der Waals surface area (Å²) in [4.78, 5) is 12.8. The molecule has 2 aromatic carbocycles. The molecule has 0 aromatic heterocycles. The zero-order valence-corrected chi connectivity index (χ0v) is 19.5. The third-order valence-corrected chi connectivity index (χ3v) is 7.14. The fourth-order valence-electron chi connectivity index (χ4n) is 3.58. The maximum Gasteiger partial charge on any atom is 0.264 e. The fourth-order valence-corrected chi connectivity index (χ4v) is 5.00.